The first-order valence-corrected chi connectivity index (χ1v) is 4.78. The van der Waals surface area contributed by atoms with Crippen molar-refractivity contribution in [3.63, 3.8) is 0 Å². The molecule has 0 aliphatic heterocycles. The summed E-state index contributed by atoms with van der Waals surface area (Å²) in [5.41, 5.74) is 0.670. The average molecular weight is 205 g/mol. The molecule has 0 spiro atoms. The number of benzene rings is 1. The molecule has 2 aromatic rings. The molecule has 78 valence electrons. The van der Waals surface area contributed by atoms with Crippen LogP contribution in [0.25, 0.3) is 0 Å². The van der Waals surface area contributed by atoms with Gasteiger partial charge in [0.05, 0.1) is 6.54 Å². The van der Waals surface area contributed by atoms with Gasteiger partial charge in [-0.15, -0.1) is 0 Å². The van der Waals surface area contributed by atoms with Gasteiger partial charge in [0.2, 0.25) is 0 Å². The lowest BCUT2D eigenvalue weighted by Gasteiger charge is -2.03. The van der Waals surface area contributed by atoms with Crippen molar-refractivity contribution in [1.29, 1.82) is 0 Å². The zero-order chi connectivity index (χ0) is 10.5. The van der Waals surface area contributed by atoms with E-state index in [1.807, 2.05) is 6.07 Å². The summed E-state index contributed by atoms with van der Waals surface area (Å²) < 4.78 is 13.2. The molecule has 1 heterocycles. The Balaban J connectivity index is 1.86. The van der Waals surface area contributed by atoms with Crippen LogP contribution in [0.2, 0.25) is 0 Å². The molecule has 0 aliphatic rings. The number of H-pyrrole nitrogens is 1. The van der Waals surface area contributed by atoms with Crippen LogP contribution < -0.4 is 5.32 Å². The van der Waals surface area contributed by atoms with Gasteiger partial charge in [-0.25, -0.2) is 9.37 Å². The van der Waals surface area contributed by atoms with Gasteiger partial charge in [0.25, 0.3) is 0 Å². The summed E-state index contributed by atoms with van der Waals surface area (Å²) in [4.78, 5) is 7.03. The van der Waals surface area contributed by atoms with Gasteiger partial charge >= 0.3 is 0 Å². The fraction of sp³-hybridized carbons (Fsp3) is 0.182. The maximum absolute atomic E-state index is 13.2. The quantitative estimate of drug-likeness (QED) is 0.799. The predicted molar refractivity (Wildman–Crippen MR) is 55.5 cm³/mol. The number of rotatable bonds is 4. The van der Waals surface area contributed by atoms with E-state index in [9.17, 15) is 4.39 Å². The van der Waals surface area contributed by atoms with Crippen LogP contribution >= 0.6 is 0 Å². The Kier molecular flexibility index (Phi) is 3.09. The van der Waals surface area contributed by atoms with Gasteiger partial charge in [-0.2, -0.15) is 0 Å². The highest BCUT2D eigenvalue weighted by Crippen LogP contribution is 2.05. The molecule has 4 heteroatoms. The van der Waals surface area contributed by atoms with E-state index in [2.05, 4.69) is 15.3 Å². The normalized spacial score (nSPS) is 10.5. The molecule has 0 amide bonds. The molecule has 0 bridgehead atoms. The lowest BCUT2D eigenvalue weighted by Crippen LogP contribution is -2.14. The van der Waals surface area contributed by atoms with Crippen LogP contribution in [-0.4, -0.2) is 9.97 Å². The van der Waals surface area contributed by atoms with Crippen LogP contribution in [0, 0.1) is 5.82 Å². The highest BCUT2D eigenvalue weighted by atomic mass is 19.1. The van der Waals surface area contributed by atoms with Crippen LogP contribution in [0.3, 0.4) is 0 Å². The van der Waals surface area contributed by atoms with E-state index in [0.29, 0.717) is 18.7 Å². The number of halogens is 1. The number of hydrogen-bond acceptors (Lipinski definition) is 2. The van der Waals surface area contributed by atoms with Gasteiger partial charge in [-0.1, -0.05) is 18.2 Å². The lowest BCUT2D eigenvalue weighted by molar-refractivity contribution is 0.584. The standard InChI is InChI=1S/C11H12FN3/c12-10-4-2-1-3-9(10)7-13-8-11-14-5-6-15-11/h1-6,13H,7-8H2,(H,14,15). The van der Waals surface area contributed by atoms with Gasteiger partial charge in [0, 0.05) is 24.5 Å². The van der Waals surface area contributed by atoms with Gasteiger partial charge in [-0.05, 0) is 6.07 Å². The first kappa shape index (κ1) is 9.86. The summed E-state index contributed by atoms with van der Waals surface area (Å²) in [7, 11) is 0. The summed E-state index contributed by atoms with van der Waals surface area (Å²) in [6.07, 6.45) is 3.46. The van der Waals surface area contributed by atoms with E-state index < -0.39 is 0 Å². The lowest BCUT2D eigenvalue weighted by atomic mass is 10.2. The molecule has 1 aromatic heterocycles. The molecule has 2 rings (SSSR count). The molecule has 0 atom stereocenters. The zero-order valence-electron chi connectivity index (χ0n) is 8.20. The van der Waals surface area contributed by atoms with Gasteiger partial charge in [0.1, 0.15) is 11.6 Å². The molecule has 0 unspecified atom stereocenters. The van der Waals surface area contributed by atoms with Crippen molar-refractivity contribution < 1.29 is 4.39 Å². The largest absolute Gasteiger partial charge is 0.348 e. The van der Waals surface area contributed by atoms with E-state index >= 15 is 0 Å². The van der Waals surface area contributed by atoms with Crippen LogP contribution in [0.5, 0.6) is 0 Å². The van der Waals surface area contributed by atoms with E-state index in [-0.39, 0.29) is 5.82 Å². The van der Waals surface area contributed by atoms with Gasteiger partial charge in [0.15, 0.2) is 0 Å². The zero-order valence-corrected chi connectivity index (χ0v) is 8.20. The number of aromatic nitrogens is 2. The Hall–Kier alpha value is -1.68. The number of aromatic amines is 1. The molecule has 0 aliphatic carbocycles. The first-order chi connectivity index (χ1) is 7.36. The molecule has 15 heavy (non-hydrogen) atoms. The molecule has 0 saturated carbocycles. The van der Waals surface area contributed by atoms with Crippen molar-refractivity contribution in [2.24, 2.45) is 0 Å². The Bertz CT molecular complexity index is 412. The number of nitrogens with zero attached hydrogens (tertiary/aromatic N) is 1. The SMILES string of the molecule is Fc1ccccc1CNCc1ncc[nH]1. The van der Waals surface area contributed by atoms with Crippen molar-refractivity contribution in [1.82, 2.24) is 15.3 Å². The minimum atomic E-state index is -0.176. The first-order valence-electron chi connectivity index (χ1n) is 4.78. The second-order valence-electron chi connectivity index (χ2n) is 3.23. The molecule has 2 N–H and O–H groups in total. The Morgan fingerprint density at radius 2 is 2.13 bits per heavy atom. The monoisotopic (exact) mass is 205 g/mol. The minimum Gasteiger partial charge on any atom is -0.348 e. The second kappa shape index (κ2) is 4.70. The molecule has 0 fully saturated rings. The van der Waals surface area contributed by atoms with Crippen LogP contribution in [0.15, 0.2) is 36.7 Å². The van der Waals surface area contributed by atoms with Gasteiger partial charge in [-0.3, -0.25) is 0 Å². The van der Waals surface area contributed by atoms with E-state index in [0.717, 1.165) is 5.82 Å². The van der Waals surface area contributed by atoms with Crippen molar-refractivity contribution in [3.8, 4) is 0 Å². The van der Waals surface area contributed by atoms with E-state index in [4.69, 9.17) is 0 Å². The molecule has 3 nitrogen and oxygen atoms in total. The van der Waals surface area contributed by atoms with Crippen molar-refractivity contribution in [2.75, 3.05) is 0 Å². The highest BCUT2D eigenvalue weighted by Gasteiger charge is 2.00. The maximum Gasteiger partial charge on any atom is 0.127 e. The summed E-state index contributed by atoms with van der Waals surface area (Å²) in [6, 6.07) is 6.74. The van der Waals surface area contributed by atoms with Crippen LogP contribution in [-0.2, 0) is 13.1 Å². The summed E-state index contributed by atoms with van der Waals surface area (Å²) in [6.45, 7) is 1.12. The Morgan fingerprint density at radius 3 is 2.87 bits per heavy atom. The fourth-order valence-electron chi connectivity index (χ4n) is 1.35. The smallest absolute Gasteiger partial charge is 0.127 e. The maximum atomic E-state index is 13.2. The third-order valence-electron chi connectivity index (χ3n) is 2.12. The van der Waals surface area contributed by atoms with Crippen molar-refractivity contribution >= 4 is 0 Å². The molecule has 1 aromatic carbocycles. The van der Waals surface area contributed by atoms with Crippen LogP contribution in [0.4, 0.5) is 4.39 Å². The minimum absolute atomic E-state index is 0.176. The summed E-state index contributed by atoms with van der Waals surface area (Å²) in [5, 5.41) is 3.11. The van der Waals surface area contributed by atoms with Crippen LogP contribution in [0.1, 0.15) is 11.4 Å². The number of nitrogens with one attached hydrogen (secondary N) is 2. The topological polar surface area (TPSA) is 40.7 Å². The number of hydrogen-bond donors (Lipinski definition) is 2. The van der Waals surface area contributed by atoms with Crippen molar-refractivity contribution in [3.05, 3.63) is 53.9 Å². The van der Waals surface area contributed by atoms with Crippen molar-refractivity contribution in [2.45, 2.75) is 13.1 Å². The highest BCUT2D eigenvalue weighted by molar-refractivity contribution is 5.16. The molecule has 0 radical (unpaired) electrons. The summed E-state index contributed by atoms with van der Waals surface area (Å²) in [5.74, 6) is 0.677. The van der Waals surface area contributed by atoms with E-state index in [1.165, 1.54) is 6.07 Å². The average Bonchev–Trinajstić information content (AvgIpc) is 2.74. The summed E-state index contributed by atoms with van der Waals surface area (Å²) >= 11 is 0. The third-order valence-corrected chi connectivity index (χ3v) is 2.12. The number of imidazole rings is 1. The Labute approximate surface area is 87.4 Å². The molecular weight excluding hydrogens is 193 g/mol. The second-order valence-corrected chi connectivity index (χ2v) is 3.23. The van der Waals surface area contributed by atoms with Gasteiger partial charge < -0.3 is 10.3 Å². The molecular formula is C11H12FN3. The molecule has 0 saturated heterocycles. The third kappa shape index (κ3) is 2.63. The van der Waals surface area contributed by atoms with E-state index in [1.54, 1.807) is 24.5 Å². The fourth-order valence-corrected chi connectivity index (χ4v) is 1.35. The predicted octanol–water partition coefficient (Wildman–Crippen LogP) is 1.84. The Morgan fingerprint density at radius 1 is 1.27 bits per heavy atom.